The molecule has 0 unspecified atom stereocenters. The quantitative estimate of drug-likeness (QED) is 0.928. The molecular weight excluding hydrogens is 296 g/mol. The number of nitrogens with zero attached hydrogens (tertiary/aromatic N) is 1. The monoisotopic (exact) mass is 316 g/mol. The van der Waals surface area contributed by atoms with Crippen LogP contribution in [0.3, 0.4) is 0 Å². The number of hydrogen-bond acceptors (Lipinski definition) is 4. The van der Waals surface area contributed by atoms with Gasteiger partial charge in [0.25, 0.3) is 0 Å². The summed E-state index contributed by atoms with van der Waals surface area (Å²) < 4.78 is 11.6. The highest BCUT2D eigenvalue weighted by atomic mass is 16.6. The van der Waals surface area contributed by atoms with Crippen LogP contribution in [-0.4, -0.2) is 22.4 Å². The lowest BCUT2D eigenvalue weighted by atomic mass is 10.2. The van der Waals surface area contributed by atoms with Crippen molar-refractivity contribution in [2.45, 2.75) is 33.0 Å². The van der Waals surface area contributed by atoms with Gasteiger partial charge in [0.1, 0.15) is 12.2 Å². The van der Waals surface area contributed by atoms with Crippen LogP contribution in [-0.2, 0) is 16.1 Å². The Balaban J connectivity index is 1.86. The second kappa shape index (κ2) is 7.00. The standard InChI is InChI=1S/C17H20N2O4/c1-17(2,3)23-16(21)19-10-9-14(11-19)18-15(20)22-12-13-7-5-4-6-8-13/h4-11H,12H2,1-3H3,(H,18,20). The molecule has 122 valence electrons. The fourth-order valence-electron chi connectivity index (χ4n) is 1.78. The van der Waals surface area contributed by atoms with Gasteiger partial charge in [-0.15, -0.1) is 0 Å². The summed E-state index contributed by atoms with van der Waals surface area (Å²) in [5.41, 5.74) is 0.770. The van der Waals surface area contributed by atoms with Crippen LogP contribution < -0.4 is 5.32 Å². The molecule has 0 radical (unpaired) electrons. The van der Waals surface area contributed by atoms with Crippen molar-refractivity contribution >= 4 is 17.9 Å². The zero-order valence-corrected chi connectivity index (χ0v) is 13.4. The Morgan fingerprint density at radius 1 is 1.13 bits per heavy atom. The van der Waals surface area contributed by atoms with Gasteiger partial charge in [-0.3, -0.25) is 9.88 Å². The van der Waals surface area contributed by atoms with E-state index >= 15 is 0 Å². The molecule has 0 bridgehead atoms. The minimum absolute atomic E-state index is 0.180. The number of nitrogens with one attached hydrogen (secondary N) is 1. The van der Waals surface area contributed by atoms with E-state index in [-0.39, 0.29) is 6.61 Å². The van der Waals surface area contributed by atoms with Crippen molar-refractivity contribution in [2.75, 3.05) is 5.32 Å². The largest absolute Gasteiger partial charge is 0.444 e. The highest BCUT2D eigenvalue weighted by Gasteiger charge is 2.18. The van der Waals surface area contributed by atoms with Crippen LogP contribution in [0.15, 0.2) is 48.8 Å². The number of carbonyl (C=O) groups excluding carboxylic acids is 2. The first-order valence-corrected chi connectivity index (χ1v) is 7.22. The summed E-state index contributed by atoms with van der Waals surface area (Å²) in [5, 5.41) is 2.56. The number of rotatable bonds is 3. The molecule has 1 aromatic carbocycles. The lowest BCUT2D eigenvalue weighted by Crippen LogP contribution is -2.26. The number of ether oxygens (including phenoxy) is 2. The molecule has 6 heteroatoms. The Morgan fingerprint density at radius 2 is 1.83 bits per heavy atom. The van der Waals surface area contributed by atoms with Crippen LogP contribution in [0.1, 0.15) is 26.3 Å². The smallest absolute Gasteiger partial charge is 0.418 e. The molecule has 6 nitrogen and oxygen atoms in total. The van der Waals surface area contributed by atoms with Gasteiger partial charge in [-0.25, -0.2) is 9.59 Å². The van der Waals surface area contributed by atoms with Crippen LogP contribution in [0.2, 0.25) is 0 Å². The van der Waals surface area contributed by atoms with Gasteiger partial charge in [0, 0.05) is 12.4 Å². The number of aromatic nitrogens is 1. The lowest BCUT2D eigenvalue weighted by molar-refractivity contribution is 0.0537. The van der Waals surface area contributed by atoms with Gasteiger partial charge >= 0.3 is 12.2 Å². The molecule has 1 aromatic heterocycles. The summed E-state index contributed by atoms with van der Waals surface area (Å²) in [7, 11) is 0. The van der Waals surface area contributed by atoms with E-state index in [0.717, 1.165) is 5.56 Å². The van der Waals surface area contributed by atoms with Gasteiger partial charge in [-0.1, -0.05) is 30.3 Å². The Hall–Kier alpha value is -2.76. The van der Waals surface area contributed by atoms with Gasteiger partial charge in [-0.05, 0) is 32.4 Å². The topological polar surface area (TPSA) is 69.6 Å². The summed E-state index contributed by atoms with van der Waals surface area (Å²) >= 11 is 0. The molecule has 0 spiro atoms. The molecule has 2 aromatic rings. The van der Waals surface area contributed by atoms with Crippen molar-refractivity contribution in [1.82, 2.24) is 4.57 Å². The molecule has 0 saturated heterocycles. The third kappa shape index (κ3) is 5.50. The fourth-order valence-corrected chi connectivity index (χ4v) is 1.78. The van der Waals surface area contributed by atoms with E-state index in [0.29, 0.717) is 5.69 Å². The Kier molecular flexibility index (Phi) is 5.05. The molecule has 1 amide bonds. The Morgan fingerprint density at radius 3 is 2.48 bits per heavy atom. The Bertz CT molecular complexity index is 671. The lowest BCUT2D eigenvalue weighted by Gasteiger charge is -2.19. The first-order valence-electron chi connectivity index (χ1n) is 7.22. The average molecular weight is 316 g/mol. The maximum absolute atomic E-state index is 11.9. The average Bonchev–Trinajstić information content (AvgIpc) is 2.93. The van der Waals surface area contributed by atoms with Crippen molar-refractivity contribution in [1.29, 1.82) is 0 Å². The van der Waals surface area contributed by atoms with E-state index < -0.39 is 17.8 Å². The zero-order chi connectivity index (χ0) is 16.9. The van der Waals surface area contributed by atoms with Crippen molar-refractivity contribution in [3.8, 4) is 0 Å². The number of benzene rings is 1. The molecule has 0 aliphatic carbocycles. The fraction of sp³-hybridized carbons (Fsp3) is 0.294. The maximum atomic E-state index is 11.9. The van der Waals surface area contributed by atoms with Crippen molar-refractivity contribution in [3.05, 3.63) is 54.4 Å². The molecule has 2 rings (SSSR count). The molecule has 0 atom stereocenters. The van der Waals surface area contributed by atoms with Gasteiger partial charge in [0.2, 0.25) is 0 Å². The molecule has 23 heavy (non-hydrogen) atoms. The predicted octanol–water partition coefficient (Wildman–Crippen LogP) is 4.02. The molecule has 0 aliphatic rings. The normalized spacial score (nSPS) is 10.9. The van der Waals surface area contributed by atoms with E-state index in [1.165, 1.54) is 17.0 Å². The number of hydrogen-bond donors (Lipinski definition) is 1. The first kappa shape index (κ1) is 16.6. The predicted molar refractivity (Wildman–Crippen MR) is 86.3 cm³/mol. The van der Waals surface area contributed by atoms with Crippen LogP contribution in [0.5, 0.6) is 0 Å². The molecule has 0 fully saturated rings. The van der Waals surface area contributed by atoms with Gasteiger partial charge in [0.15, 0.2) is 0 Å². The number of amides is 1. The third-order valence-corrected chi connectivity index (χ3v) is 2.76. The number of carbonyl (C=O) groups is 2. The zero-order valence-electron chi connectivity index (χ0n) is 13.4. The van der Waals surface area contributed by atoms with Crippen LogP contribution in [0.25, 0.3) is 0 Å². The minimum atomic E-state index is -0.587. The van der Waals surface area contributed by atoms with Gasteiger partial charge in [-0.2, -0.15) is 0 Å². The first-order chi connectivity index (χ1) is 10.8. The summed E-state index contributed by atoms with van der Waals surface area (Å²) in [4.78, 5) is 23.6. The van der Waals surface area contributed by atoms with E-state index in [2.05, 4.69) is 5.32 Å². The van der Waals surface area contributed by atoms with E-state index in [1.807, 2.05) is 30.3 Å². The van der Waals surface area contributed by atoms with E-state index in [1.54, 1.807) is 26.8 Å². The molecule has 0 saturated carbocycles. The molecule has 0 aliphatic heterocycles. The summed E-state index contributed by atoms with van der Waals surface area (Å²) in [6, 6.07) is 11.0. The third-order valence-electron chi connectivity index (χ3n) is 2.76. The van der Waals surface area contributed by atoms with Crippen molar-refractivity contribution < 1.29 is 19.1 Å². The second-order valence-electron chi connectivity index (χ2n) is 5.97. The minimum Gasteiger partial charge on any atom is -0.444 e. The van der Waals surface area contributed by atoms with E-state index in [9.17, 15) is 9.59 Å². The Labute approximate surface area is 135 Å². The summed E-state index contributed by atoms with van der Waals surface area (Å²) in [6.45, 7) is 5.54. The summed E-state index contributed by atoms with van der Waals surface area (Å²) in [6.07, 6.45) is 1.89. The van der Waals surface area contributed by atoms with Gasteiger partial charge < -0.3 is 9.47 Å². The highest BCUT2D eigenvalue weighted by Crippen LogP contribution is 2.13. The van der Waals surface area contributed by atoms with Crippen LogP contribution in [0.4, 0.5) is 15.3 Å². The maximum Gasteiger partial charge on any atom is 0.418 e. The number of anilines is 1. The molecular formula is C17H20N2O4. The summed E-state index contributed by atoms with van der Waals surface area (Å²) in [5.74, 6) is 0. The van der Waals surface area contributed by atoms with Crippen molar-refractivity contribution in [3.63, 3.8) is 0 Å². The van der Waals surface area contributed by atoms with Crippen LogP contribution >= 0.6 is 0 Å². The highest BCUT2D eigenvalue weighted by molar-refractivity contribution is 5.85. The SMILES string of the molecule is CC(C)(C)OC(=O)n1ccc(NC(=O)OCc2ccccc2)c1. The van der Waals surface area contributed by atoms with Gasteiger partial charge in [0.05, 0.1) is 5.69 Å². The van der Waals surface area contributed by atoms with Crippen LogP contribution in [0, 0.1) is 0 Å². The second-order valence-corrected chi connectivity index (χ2v) is 5.97. The molecule has 1 N–H and O–H groups in total. The molecule has 1 heterocycles. The van der Waals surface area contributed by atoms with Crippen molar-refractivity contribution in [2.24, 2.45) is 0 Å². The van der Waals surface area contributed by atoms with E-state index in [4.69, 9.17) is 9.47 Å².